The van der Waals surface area contributed by atoms with Gasteiger partial charge in [0.1, 0.15) is 0 Å². The highest BCUT2D eigenvalue weighted by molar-refractivity contribution is 5.05. The highest BCUT2D eigenvalue weighted by atomic mass is 13.9. The van der Waals surface area contributed by atoms with E-state index in [4.69, 9.17) is 0 Å². The summed E-state index contributed by atoms with van der Waals surface area (Å²) >= 11 is 0. The van der Waals surface area contributed by atoms with Crippen molar-refractivity contribution in [3.8, 4) is 0 Å². The Morgan fingerprint density at radius 1 is 0.611 bits per heavy atom. The minimum atomic E-state index is 1.04. The summed E-state index contributed by atoms with van der Waals surface area (Å²) in [7, 11) is 0. The molecule has 0 N–H and O–H groups in total. The fraction of sp³-hybridized carbons (Fsp3) is 0.556. The van der Waals surface area contributed by atoms with Crippen LogP contribution in [0.5, 0.6) is 0 Å². The summed E-state index contributed by atoms with van der Waals surface area (Å²) in [6.07, 6.45) is 27.6. The molecule has 0 aromatic rings. The van der Waals surface area contributed by atoms with E-state index in [-0.39, 0.29) is 0 Å². The van der Waals surface area contributed by atoms with Gasteiger partial charge in [-0.2, -0.15) is 0 Å². The van der Waals surface area contributed by atoms with Gasteiger partial charge in [0.15, 0.2) is 0 Å². The summed E-state index contributed by atoms with van der Waals surface area (Å²) in [5, 5.41) is 0. The first-order chi connectivity index (χ1) is 8.91. The highest BCUT2D eigenvalue weighted by Crippen LogP contribution is 2.02. The minimum absolute atomic E-state index is 1.04. The molecule has 0 heteroatoms. The van der Waals surface area contributed by atoms with Gasteiger partial charge in [-0.3, -0.25) is 0 Å². The summed E-state index contributed by atoms with van der Waals surface area (Å²) in [5.74, 6) is 0. The van der Waals surface area contributed by atoms with Gasteiger partial charge >= 0.3 is 0 Å². The van der Waals surface area contributed by atoms with Crippen LogP contribution in [0.1, 0.15) is 65.2 Å². The Hall–Kier alpha value is -1.04. The molecule has 0 fully saturated rings. The normalized spacial score (nSPS) is 12.8. The Morgan fingerprint density at radius 3 is 2.00 bits per heavy atom. The fourth-order valence-electron chi connectivity index (χ4n) is 1.63. The van der Waals surface area contributed by atoms with Crippen molar-refractivity contribution < 1.29 is 0 Å². The molecule has 0 aliphatic heterocycles. The Morgan fingerprint density at radius 2 is 1.28 bits per heavy atom. The third-order valence-corrected chi connectivity index (χ3v) is 2.72. The fourth-order valence-corrected chi connectivity index (χ4v) is 1.63. The summed E-state index contributed by atoms with van der Waals surface area (Å²) in [4.78, 5) is 0. The molecule has 0 saturated carbocycles. The molecule has 18 heavy (non-hydrogen) atoms. The highest BCUT2D eigenvalue weighted by Gasteiger charge is 1.83. The van der Waals surface area contributed by atoms with E-state index in [1.807, 2.05) is 0 Å². The van der Waals surface area contributed by atoms with Crippen LogP contribution in [0.3, 0.4) is 0 Å². The maximum atomic E-state index is 2.28. The van der Waals surface area contributed by atoms with Crippen molar-refractivity contribution in [2.75, 3.05) is 0 Å². The molecular weight excluding hydrogens is 216 g/mol. The van der Waals surface area contributed by atoms with Crippen molar-refractivity contribution >= 4 is 0 Å². The second-order valence-electron chi connectivity index (χ2n) is 4.53. The maximum Gasteiger partial charge on any atom is -0.0166 e. The Bertz CT molecular complexity index is 253. The average molecular weight is 246 g/mol. The topological polar surface area (TPSA) is 0 Å². The number of hydrogen-bond donors (Lipinski definition) is 0. The molecule has 0 heterocycles. The van der Waals surface area contributed by atoms with Crippen LogP contribution >= 0.6 is 0 Å². The average Bonchev–Trinajstić information content (AvgIpc) is 2.39. The molecule has 0 bridgehead atoms. The van der Waals surface area contributed by atoms with Crippen LogP contribution in [0.25, 0.3) is 0 Å². The largest absolute Gasteiger partial charge is 0.0885 e. The lowest BCUT2D eigenvalue weighted by atomic mass is 10.1. The molecule has 0 aromatic heterocycles. The quantitative estimate of drug-likeness (QED) is 0.226. The number of unbranched alkanes of at least 4 members (excludes halogenated alkanes) is 4. The number of rotatable bonds is 11. The molecule has 0 aliphatic rings. The predicted octanol–water partition coefficient (Wildman–Crippen LogP) is 6.37. The summed E-state index contributed by atoms with van der Waals surface area (Å²) < 4.78 is 0. The van der Waals surface area contributed by atoms with Crippen molar-refractivity contribution in [1.29, 1.82) is 0 Å². The lowest BCUT2D eigenvalue weighted by Crippen LogP contribution is -1.72. The van der Waals surface area contributed by atoms with E-state index >= 15 is 0 Å². The van der Waals surface area contributed by atoms with Crippen molar-refractivity contribution in [3.05, 3.63) is 48.6 Å². The Labute approximate surface area is 114 Å². The van der Waals surface area contributed by atoms with Crippen molar-refractivity contribution in [2.45, 2.75) is 65.2 Å². The zero-order valence-corrected chi connectivity index (χ0v) is 12.3. The summed E-state index contributed by atoms with van der Waals surface area (Å²) in [6, 6.07) is 0. The zero-order chi connectivity index (χ0) is 13.3. The molecule has 0 rings (SSSR count). The van der Waals surface area contributed by atoms with Crippen LogP contribution in [0, 0.1) is 0 Å². The SMILES string of the molecule is CC/C=C\CC=CCC=CC=CCCCCCC. The van der Waals surface area contributed by atoms with Gasteiger partial charge in [0.2, 0.25) is 0 Å². The maximum absolute atomic E-state index is 2.28. The molecule has 102 valence electrons. The van der Waals surface area contributed by atoms with Gasteiger partial charge in [-0.15, -0.1) is 0 Å². The molecule has 0 saturated heterocycles. The minimum Gasteiger partial charge on any atom is -0.0885 e. The van der Waals surface area contributed by atoms with Gasteiger partial charge in [0, 0.05) is 0 Å². The molecule has 0 unspecified atom stereocenters. The van der Waals surface area contributed by atoms with Crippen molar-refractivity contribution in [1.82, 2.24) is 0 Å². The van der Waals surface area contributed by atoms with Crippen LogP contribution in [0.15, 0.2) is 48.6 Å². The van der Waals surface area contributed by atoms with Gasteiger partial charge in [0.25, 0.3) is 0 Å². The molecular formula is C18H30. The van der Waals surface area contributed by atoms with Gasteiger partial charge in [-0.25, -0.2) is 0 Å². The summed E-state index contributed by atoms with van der Waals surface area (Å²) in [6.45, 7) is 4.42. The second kappa shape index (κ2) is 16.0. The van der Waals surface area contributed by atoms with E-state index in [1.165, 1.54) is 32.1 Å². The first-order valence-corrected chi connectivity index (χ1v) is 7.53. The van der Waals surface area contributed by atoms with E-state index in [1.54, 1.807) is 0 Å². The predicted molar refractivity (Wildman–Crippen MR) is 84.8 cm³/mol. The lowest BCUT2D eigenvalue weighted by molar-refractivity contribution is 0.674. The Balaban J connectivity index is 3.36. The van der Waals surface area contributed by atoms with Crippen LogP contribution in [0.4, 0.5) is 0 Å². The first kappa shape index (κ1) is 17.0. The molecule has 0 radical (unpaired) electrons. The standard InChI is InChI=1S/C18H30/c1-3-5-7-9-11-13-15-17-18-16-14-12-10-8-6-4-2/h5,7,11,13-14,16-18H,3-4,6,8-10,12,15H2,1-2H3/b7-5-,13-11?,16-14?,18-17?. The van der Waals surface area contributed by atoms with E-state index in [2.05, 4.69) is 62.5 Å². The van der Waals surface area contributed by atoms with Crippen LogP contribution in [-0.2, 0) is 0 Å². The van der Waals surface area contributed by atoms with E-state index in [0.717, 1.165) is 19.3 Å². The molecule has 0 atom stereocenters. The smallest absolute Gasteiger partial charge is 0.0166 e. The second-order valence-corrected chi connectivity index (χ2v) is 4.53. The monoisotopic (exact) mass is 246 g/mol. The first-order valence-electron chi connectivity index (χ1n) is 7.53. The molecule has 0 aliphatic carbocycles. The molecule has 0 nitrogen and oxygen atoms in total. The van der Waals surface area contributed by atoms with E-state index < -0.39 is 0 Å². The number of allylic oxidation sites excluding steroid dienone is 8. The third kappa shape index (κ3) is 15.0. The molecule has 0 aromatic carbocycles. The van der Waals surface area contributed by atoms with Crippen LogP contribution in [-0.4, -0.2) is 0 Å². The molecule has 0 spiro atoms. The lowest BCUT2D eigenvalue weighted by Gasteiger charge is -1.92. The van der Waals surface area contributed by atoms with Crippen molar-refractivity contribution in [2.24, 2.45) is 0 Å². The van der Waals surface area contributed by atoms with Crippen molar-refractivity contribution in [3.63, 3.8) is 0 Å². The zero-order valence-electron chi connectivity index (χ0n) is 12.3. The van der Waals surface area contributed by atoms with Gasteiger partial charge in [0.05, 0.1) is 0 Å². The summed E-state index contributed by atoms with van der Waals surface area (Å²) in [5.41, 5.74) is 0. The van der Waals surface area contributed by atoms with Crippen LogP contribution in [0.2, 0.25) is 0 Å². The van der Waals surface area contributed by atoms with Gasteiger partial charge < -0.3 is 0 Å². The Kier molecular flexibility index (Phi) is 15.0. The third-order valence-electron chi connectivity index (χ3n) is 2.72. The van der Waals surface area contributed by atoms with E-state index in [9.17, 15) is 0 Å². The number of hydrogen-bond acceptors (Lipinski definition) is 0. The van der Waals surface area contributed by atoms with Gasteiger partial charge in [-0.05, 0) is 32.1 Å². The van der Waals surface area contributed by atoms with Crippen LogP contribution < -0.4 is 0 Å². The van der Waals surface area contributed by atoms with E-state index in [0.29, 0.717) is 0 Å². The van der Waals surface area contributed by atoms with Gasteiger partial charge in [-0.1, -0.05) is 81.7 Å². The molecule has 0 amide bonds.